The van der Waals surface area contributed by atoms with Gasteiger partial charge in [-0.2, -0.15) is 0 Å². The molecule has 0 aromatic carbocycles. The standard InChI is InChI=1S/C14H23N3O3S/c1-4-8-21(19,20)17-13(11(2)3)14(18)16-10-12-6-5-7-15-9-12/h5-7,9,11,13,17H,4,8,10H2,1-3H3,(H,16,18)/t13-/m0/s1. The maximum Gasteiger partial charge on any atom is 0.238 e. The monoisotopic (exact) mass is 313 g/mol. The molecule has 1 amide bonds. The lowest BCUT2D eigenvalue weighted by atomic mass is 10.0. The van der Waals surface area contributed by atoms with Gasteiger partial charge in [0.15, 0.2) is 0 Å². The number of sulfonamides is 1. The van der Waals surface area contributed by atoms with Crippen molar-refractivity contribution in [1.29, 1.82) is 0 Å². The highest BCUT2D eigenvalue weighted by molar-refractivity contribution is 7.89. The van der Waals surface area contributed by atoms with E-state index in [1.54, 1.807) is 25.4 Å². The molecule has 0 radical (unpaired) electrons. The van der Waals surface area contributed by atoms with Gasteiger partial charge in [-0.05, 0) is 24.0 Å². The summed E-state index contributed by atoms with van der Waals surface area (Å²) in [7, 11) is -3.43. The molecule has 0 spiro atoms. The predicted octanol–water partition coefficient (Wildman–Crippen LogP) is 1.05. The smallest absolute Gasteiger partial charge is 0.238 e. The summed E-state index contributed by atoms with van der Waals surface area (Å²) in [6.07, 6.45) is 3.82. The van der Waals surface area contributed by atoms with Crippen LogP contribution in [0.2, 0.25) is 0 Å². The van der Waals surface area contributed by atoms with Crippen molar-refractivity contribution >= 4 is 15.9 Å². The number of pyridine rings is 1. The minimum absolute atomic E-state index is 0.0199. The number of amides is 1. The van der Waals surface area contributed by atoms with Crippen molar-refractivity contribution in [2.24, 2.45) is 5.92 Å². The van der Waals surface area contributed by atoms with Gasteiger partial charge in [0.2, 0.25) is 15.9 Å². The van der Waals surface area contributed by atoms with Crippen molar-refractivity contribution in [3.05, 3.63) is 30.1 Å². The largest absolute Gasteiger partial charge is 0.351 e. The highest BCUT2D eigenvalue weighted by atomic mass is 32.2. The van der Waals surface area contributed by atoms with Crippen molar-refractivity contribution in [3.8, 4) is 0 Å². The summed E-state index contributed by atoms with van der Waals surface area (Å²) in [6.45, 7) is 5.73. The summed E-state index contributed by atoms with van der Waals surface area (Å²) in [4.78, 5) is 16.1. The van der Waals surface area contributed by atoms with Gasteiger partial charge in [0, 0.05) is 18.9 Å². The number of nitrogens with zero attached hydrogens (tertiary/aromatic N) is 1. The van der Waals surface area contributed by atoms with Gasteiger partial charge >= 0.3 is 0 Å². The Bertz CT molecular complexity index is 544. The van der Waals surface area contributed by atoms with Crippen LogP contribution in [0.5, 0.6) is 0 Å². The minimum Gasteiger partial charge on any atom is -0.351 e. The highest BCUT2D eigenvalue weighted by Gasteiger charge is 2.26. The van der Waals surface area contributed by atoms with Crippen LogP contribution < -0.4 is 10.0 Å². The SMILES string of the molecule is CCCS(=O)(=O)N[C@H](C(=O)NCc1cccnc1)C(C)C. The molecule has 1 aromatic heterocycles. The molecule has 0 saturated heterocycles. The van der Waals surface area contributed by atoms with Crippen LogP contribution in [0.15, 0.2) is 24.5 Å². The Morgan fingerprint density at radius 1 is 1.38 bits per heavy atom. The molecule has 0 bridgehead atoms. The summed E-state index contributed by atoms with van der Waals surface area (Å²) in [5.74, 6) is -0.439. The molecule has 1 rings (SSSR count). The van der Waals surface area contributed by atoms with Crippen LogP contribution in [0.4, 0.5) is 0 Å². The van der Waals surface area contributed by atoms with Crippen molar-refractivity contribution < 1.29 is 13.2 Å². The van der Waals surface area contributed by atoms with Gasteiger partial charge < -0.3 is 5.32 Å². The normalized spacial score (nSPS) is 13.1. The summed E-state index contributed by atoms with van der Waals surface area (Å²) in [5, 5.41) is 2.74. The van der Waals surface area contributed by atoms with Crippen LogP contribution in [0.25, 0.3) is 0 Å². The number of aromatic nitrogens is 1. The van der Waals surface area contributed by atoms with E-state index in [9.17, 15) is 13.2 Å². The van der Waals surface area contributed by atoms with E-state index in [-0.39, 0.29) is 17.6 Å². The highest BCUT2D eigenvalue weighted by Crippen LogP contribution is 2.05. The van der Waals surface area contributed by atoms with Crippen LogP contribution in [0, 0.1) is 5.92 Å². The Labute approximate surface area is 126 Å². The Morgan fingerprint density at radius 2 is 2.10 bits per heavy atom. The molecule has 0 aliphatic rings. The summed E-state index contributed by atoms with van der Waals surface area (Å²) < 4.78 is 26.1. The summed E-state index contributed by atoms with van der Waals surface area (Å²) >= 11 is 0. The first kappa shape index (κ1) is 17.6. The number of hydrogen-bond donors (Lipinski definition) is 2. The summed E-state index contributed by atoms with van der Waals surface area (Å²) in [5.41, 5.74) is 0.866. The van der Waals surface area contributed by atoms with Crippen molar-refractivity contribution in [2.45, 2.75) is 39.8 Å². The topological polar surface area (TPSA) is 88.2 Å². The second kappa shape index (κ2) is 8.09. The molecule has 2 N–H and O–H groups in total. The third kappa shape index (κ3) is 6.22. The lowest BCUT2D eigenvalue weighted by molar-refractivity contribution is -0.123. The average molecular weight is 313 g/mol. The van der Waals surface area contributed by atoms with E-state index >= 15 is 0 Å². The molecule has 1 heterocycles. The fourth-order valence-electron chi connectivity index (χ4n) is 1.82. The molecule has 0 fully saturated rings. The third-order valence-electron chi connectivity index (χ3n) is 2.92. The van der Waals surface area contributed by atoms with Gasteiger partial charge in [-0.25, -0.2) is 13.1 Å². The Balaban J connectivity index is 2.66. The Morgan fingerprint density at radius 3 is 2.62 bits per heavy atom. The second-order valence-electron chi connectivity index (χ2n) is 5.24. The maximum absolute atomic E-state index is 12.2. The van der Waals surface area contributed by atoms with Crippen molar-refractivity contribution in [1.82, 2.24) is 15.0 Å². The van der Waals surface area contributed by atoms with Crippen LogP contribution in [0.1, 0.15) is 32.8 Å². The second-order valence-corrected chi connectivity index (χ2v) is 7.11. The van der Waals surface area contributed by atoms with E-state index in [2.05, 4.69) is 15.0 Å². The lowest BCUT2D eigenvalue weighted by Crippen LogP contribution is -2.49. The first-order valence-electron chi connectivity index (χ1n) is 7.02. The number of nitrogens with one attached hydrogen (secondary N) is 2. The van der Waals surface area contributed by atoms with E-state index in [0.29, 0.717) is 13.0 Å². The fourth-order valence-corrected chi connectivity index (χ4v) is 3.24. The first-order chi connectivity index (χ1) is 9.85. The van der Waals surface area contributed by atoms with Gasteiger partial charge in [-0.15, -0.1) is 0 Å². The van der Waals surface area contributed by atoms with Crippen LogP contribution in [-0.2, 0) is 21.4 Å². The number of hydrogen-bond acceptors (Lipinski definition) is 4. The number of carbonyl (C=O) groups excluding carboxylic acids is 1. The molecule has 1 aromatic rings. The fraction of sp³-hybridized carbons (Fsp3) is 0.571. The van der Waals surface area contributed by atoms with Crippen molar-refractivity contribution in [3.63, 3.8) is 0 Å². The Kier molecular flexibility index (Phi) is 6.77. The zero-order valence-electron chi connectivity index (χ0n) is 12.7. The van der Waals surface area contributed by atoms with Gasteiger partial charge in [-0.1, -0.05) is 26.8 Å². The van der Waals surface area contributed by atoms with E-state index in [0.717, 1.165) is 5.56 Å². The minimum atomic E-state index is -3.43. The van der Waals surface area contributed by atoms with E-state index in [1.165, 1.54) is 0 Å². The zero-order chi connectivity index (χ0) is 15.9. The number of rotatable bonds is 8. The van der Waals surface area contributed by atoms with Crippen molar-refractivity contribution in [2.75, 3.05) is 5.75 Å². The molecule has 0 saturated carbocycles. The molecule has 1 atom stereocenters. The zero-order valence-corrected chi connectivity index (χ0v) is 13.5. The molecular formula is C14H23N3O3S. The molecule has 0 unspecified atom stereocenters. The van der Waals surface area contributed by atoms with Crippen LogP contribution in [-0.4, -0.2) is 31.1 Å². The lowest BCUT2D eigenvalue weighted by Gasteiger charge is -2.21. The maximum atomic E-state index is 12.2. The molecule has 118 valence electrons. The van der Waals surface area contributed by atoms with Crippen LogP contribution in [0.3, 0.4) is 0 Å². The van der Waals surface area contributed by atoms with E-state index in [4.69, 9.17) is 0 Å². The van der Waals surface area contributed by atoms with Gasteiger partial charge in [0.05, 0.1) is 5.75 Å². The average Bonchev–Trinajstić information content (AvgIpc) is 2.43. The molecule has 7 heteroatoms. The first-order valence-corrected chi connectivity index (χ1v) is 8.67. The molecule has 0 aliphatic heterocycles. The quantitative estimate of drug-likeness (QED) is 0.751. The van der Waals surface area contributed by atoms with Crippen LogP contribution >= 0.6 is 0 Å². The molecule has 21 heavy (non-hydrogen) atoms. The number of carbonyl (C=O) groups is 1. The Hall–Kier alpha value is -1.47. The van der Waals surface area contributed by atoms with Gasteiger partial charge in [0.25, 0.3) is 0 Å². The predicted molar refractivity (Wildman–Crippen MR) is 81.9 cm³/mol. The molecule has 6 nitrogen and oxygen atoms in total. The third-order valence-corrected chi connectivity index (χ3v) is 4.48. The van der Waals surface area contributed by atoms with Gasteiger partial charge in [-0.3, -0.25) is 9.78 Å². The molecule has 0 aliphatic carbocycles. The molecular weight excluding hydrogens is 290 g/mol. The van der Waals surface area contributed by atoms with E-state index < -0.39 is 16.1 Å². The van der Waals surface area contributed by atoms with E-state index in [1.807, 2.05) is 19.9 Å². The summed E-state index contributed by atoms with van der Waals surface area (Å²) in [6, 6.07) is 2.86. The van der Waals surface area contributed by atoms with Gasteiger partial charge in [0.1, 0.15) is 6.04 Å².